The average molecular weight is 299 g/mol. The van der Waals surface area contributed by atoms with E-state index in [1.54, 1.807) is 18.2 Å². The summed E-state index contributed by atoms with van der Waals surface area (Å²) in [7, 11) is 1.59. The highest BCUT2D eigenvalue weighted by Crippen LogP contribution is 2.28. The van der Waals surface area contributed by atoms with E-state index in [9.17, 15) is 4.79 Å². The predicted octanol–water partition coefficient (Wildman–Crippen LogP) is 2.15. The summed E-state index contributed by atoms with van der Waals surface area (Å²) in [5.74, 6) is 1.17. The normalized spacial score (nSPS) is 19.8. The van der Waals surface area contributed by atoms with Crippen LogP contribution in [0.25, 0.3) is 0 Å². The smallest absolute Gasteiger partial charge is 0.227 e. The molecule has 17 heavy (non-hydrogen) atoms. The summed E-state index contributed by atoms with van der Waals surface area (Å²) in [6, 6.07) is 1.94. The molecule has 0 bridgehead atoms. The third-order valence-electron chi connectivity index (χ3n) is 2.94. The van der Waals surface area contributed by atoms with Gasteiger partial charge in [0.25, 0.3) is 0 Å². The van der Waals surface area contributed by atoms with Crippen molar-refractivity contribution in [1.29, 1.82) is 0 Å². The number of aromatic nitrogens is 1. The minimum Gasteiger partial charge on any atom is -0.481 e. The van der Waals surface area contributed by atoms with Gasteiger partial charge in [-0.2, -0.15) is 0 Å². The molecule has 1 aromatic heterocycles. The highest BCUT2D eigenvalue weighted by Gasteiger charge is 2.30. The van der Waals surface area contributed by atoms with Crippen molar-refractivity contribution in [2.45, 2.75) is 13.3 Å². The van der Waals surface area contributed by atoms with E-state index in [2.05, 4.69) is 20.9 Å². The van der Waals surface area contributed by atoms with Gasteiger partial charge in [0.2, 0.25) is 11.8 Å². The van der Waals surface area contributed by atoms with Gasteiger partial charge in [-0.15, -0.1) is 0 Å². The monoisotopic (exact) mass is 298 g/mol. The third-order valence-corrected chi connectivity index (χ3v) is 3.86. The lowest BCUT2D eigenvalue weighted by Crippen LogP contribution is -2.24. The highest BCUT2D eigenvalue weighted by molar-refractivity contribution is 9.09. The number of carbonyl (C=O) groups excluding carboxylic acids is 1. The van der Waals surface area contributed by atoms with Crippen LogP contribution in [0.15, 0.2) is 12.3 Å². The molecule has 0 aliphatic carbocycles. The van der Waals surface area contributed by atoms with Crippen LogP contribution in [-0.2, 0) is 4.79 Å². The lowest BCUT2D eigenvalue weighted by molar-refractivity contribution is -0.117. The first-order valence-electron chi connectivity index (χ1n) is 5.52. The van der Waals surface area contributed by atoms with Crippen molar-refractivity contribution in [1.82, 2.24) is 4.98 Å². The van der Waals surface area contributed by atoms with Crippen LogP contribution in [0.1, 0.15) is 12.0 Å². The first-order valence-corrected chi connectivity index (χ1v) is 6.64. The SMILES string of the molecule is COc1ncc(N2CC(CBr)CC2=O)cc1C. The number of anilines is 1. The Kier molecular flexibility index (Phi) is 3.66. The van der Waals surface area contributed by atoms with Crippen LogP contribution in [0.2, 0.25) is 0 Å². The standard InChI is InChI=1S/C12H15BrN2O2/c1-8-3-10(6-14-12(8)17-2)15-7-9(5-13)4-11(15)16/h3,6,9H,4-5,7H2,1-2H3. The molecular formula is C12H15BrN2O2. The summed E-state index contributed by atoms with van der Waals surface area (Å²) in [6.45, 7) is 2.69. The summed E-state index contributed by atoms with van der Waals surface area (Å²) in [4.78, 5) is 17.9. The van der Waals surface area contributed by atoms with E-state index < -0.39 is 0 Å². The first-order chi connectivity index (χ1) is 8.15. The molecule has 2 heterocycles. The number of alkyl halides is 1. The number of hydrogen-bond donors (Lipinski definition) is 0. The van der Waals surface area contributed by atoms with Crippen molar-refractivity contribution in [2.75, 3.05) is 23.9 Å². The molecule has 1 aliphatic heterocycles. The molecule has 0 aromatic carbocycles. The lowest BCUT2D eigenvalue weighted by atomic mass is 10.2. The molecule has 0 radical (unpaired) electrons. The summed E-state index contributed by atoms with van der Waals surface area (Å²) < 4.78 is 5.11. The van der Waals surface area contributed by atoms with Crippen molar-refractivity contribution in [3.05, 3.63) is 17.8 Å². The topological polar surface area (TPSA) is 42.4 Å². The second-order valence-electron chi connectivity index (χ2n) is 4.25. The lowest BCUT2D eigenvalue weighted by Gasteiger charge is -2.17. The maximum atomic E-state index is 11.9. The number of pyridine rings is 1. The largest absolute Gasteiger partial charge is 0.481 e. The highest BCUT2D eigenvalue weighted by atomic mass is 79.9. The minimum atomic E-state index is 0.167. The Hall–Kier alpha value is -1.10. The summed E-state index contributed by atoms with van der Waals surface area (Å²) in [6.07, 6.45) is 2.30. The van der Waals surface area contributed by atoms with Crippen LogP contribution in [-0.4, -0.2) is 29.9 Å². The van der Waals surface area contributed by atoms with Gasteiger partial charge in [0.15, 0.2) is 0 Å². The molecule has 0 spiro atoms. The second-order valence-corrected chi connectivity index (χ2v) is 4.90. The molecule has 92 valence electrons. The average Bonchev–Trinajstić information content (AvgIpc) is 2.70. The molecule has 1 aromatic rings. The van der Waals surface area contributed by atoms with Crippen LogP contribution >= 0.6 is 15.9 Å². The molecule has 1 fully saturated rings. The molecule has 2 rings (SSSR count). The molecular weight excluding hydrogens is 284 g/mol. The van der Waals surface area contributed by atoms with E-state index in [-0.39, 0.29) is 5.91 Å². The Labute approximate surface area is 109 Å². The zero-order valence-electron chi connectivity index (χ0n) is 9.94. The van der Waals surface area contributed by atoms with Crippen molar-refractivity contribution in [3.8, 4) is 5.88 Å². The minimum absolute atomic E-state index is 0.167. The van der Waals surface area contributed by atoms with E-state index >= 15 is 0 Å². The fourth-order valence-corrected chi connectivity index (χ4v) is 2.48. The number of methoxy groups -OCH3 is 1. The number of hydrogen-bond acceptors (Lipinski definition) is 3. The number of rotatable bonds is 3. The summed E-state index contributed by atoms with van der Waals surface area (Å²) in [5, 5.41) is 0.859. The Bertz CT molecular complexity index is 437. The van der Waals surface area contributed by atoms with Crippen LogP contribution in [0.4, 0.5) is 5.69 Å². The van der Waals surface area contributed by atoms with E-state index in [1.807, 2.05) is 13.0 Å². The Morgan fingerprint density at radius 2 is 2.41 bits per heavy atom. The zero-order chi connectivity index (χ0) is 12.4. The quantitative estimate of drug-likeness (QED) is 0.803. The first kappa shape index (κ1) is 12.4. The maximum Gasteiger partial charge on any atom is 0.227 e. The van der Waals surface area contributed by atoms with Crippen LogP contribution in [0.3, 0.4) is 0 Å². The van der Waals surface area contributed by atoms with Gasteiger partial charge in [0.05, 0.1) is 19.0 Å². The van der Waals surface area contributed by atoms with Crippen molar-refractivity contribution < 1.29 is 9.53 Å². The van der Waals surface area contributed by atoms with E-state index in [1.165, 1.54) is 0 Å². The number of nitrogens with zero attached hydrogens (tertiary/aromatic N) is 2. The number of ether oxygens (including phenoxy) is 1. The Morgan fingerprint density at radius 3 is 2.94 bits per heavy atom. The molecule has 5 heteroatoms. The maximum absolute atomic E-state index is 11.9. The van der Waals surface area contributed by atoms with E-state index in [0.717, 1.165) is 23.1 Å². The fourth-order valence-electron chi connectivity index (χ4n) is 2.04. The summed E-state index contributed by atoms with van der Waals surface area (Å²) in [5.41, 5.74) is 1.80. The van der Waals surface area contributed by atoms with Crippen LogP contribution in [0, 0.1) is 12.8 Å². The molecule has 1 atom stereocenters. The second kappa shape index (κ2) is 5.04. The Balaban J connectivity index is 2.23. The number of carbonyl (C=O) groups is 1. The van der Waals surface area contributed by atoms with Crippen molar-refractivity contribution >= 4 is 27.5 Å². The van der Waals surface area contributed by atoms with Gasteiger partial charge in [-0.25, -0.2) is 4.98 Å². The van der Waals surface area contributed by atoms with Crippen LogP contribution in [0.5, 0.6) is 5.88 Å². The van der Waals surface area contributed by atoms with Gasteiger partial charge >= 0.3 is 0 Å². The van der Waals surface area contributed by atoms with Crippen LogP contribution < -0.4 is 9.64 Å². The number of halogens is 1. The third kappa shape index (κ3) is 2.44. The van der Waals surface area contributed by atoms with Gasteiger partial charge in [0.1, 0.15) is 0 Å². The molecule has 0 N–H and O–H groups in total. The molecule has 1 unspecified atom stereocenters. The van der Waals surface area contributed by atoms with E-state index in [0.29, 0.717) is 18.2 Å². The van der Waals surface area contributed by atoms with Gasteiger partial charge in [-0.3, -0.25) is 4.79 Å². The van der Waals surface area contributed by atoms with Crippen molar-refractivity contribution in [2.24, 2.45) is 5.92 Å². The predicted molar refractivity (Wildman–Crippen MR) is 69.8 cm³/mol. The van der Waals surface area contributed by atoms with Gasteiger partial charge in [0, 0.05) is 23.9 Å². The molecule has 1 amide bonds. The Morgan fingerprint density at radius 1 is 1.65 bits per heavy atom. The van der Waals surface area contributed by atoms with E-state index in [4.69, 9.17) is 4.74 Å². The molecule has 4 nitrogen and oxygen atoms in total. The summed E-state index contributed by atoms with van der Waals surface area (Å²) >= 11 is 3.43. The fraction of sp³-hybridized carbons (Fsp3) is 0.500. The number of amides is 1. The zero-order valence-corrected chi connectivity index (χ0v) is 11.5. The number of aryl methyl sites for hydroxylation is 1. The molecule has 1 saturated heterocycles. The molecule has 1 aliphatic rings. The van der Waals surface area contributed by atoms with Crippen molar-refractivity contribution in [3.63, 3.8) is 0 Å². The van der Waals surface area contributed by atoms with Gasteiger partial charge in [-0.1, -0.05) is 15.9 Å². The molecule has 0 saturated carbocycles. The van der Waals surface area contributed by atoms with Gasteiger partial charge < -0.3 is 9.64 Å². The van der Waals surface area contributed by atoms with Gasteiger partial charge in [-0.05, 0) is 18.9 Å².